The van der Waals surface area contributed by atoms with Crippen LogP contribution in [0.3, 0.4) is 0 Å². The minimum absolute atomic E-state index is 0.120. The quantitative estimate of drug-likeness (QED) is 0.592. The van der Waals surface area contributed by atoms with E-state index in [9.17, 15) is 9.18 Å². The van der Waals surface area contributed by atoms with Gasteiger partial charge in [0.1, 0.15) is 23.9 Å². The summed E-state index contributed by atoms with van der Waals surface area (Å²) < 4.78 is 24.4. The summed E-state index contributed by atoms with van der Waals surface area (Å²) in [7, 11) is 0. The number of esters is 1. The van der Waals surface area contributed by atoms with Crippen molar-refractivity contribution in [3.63, 3.8) is 0 Å². The van der Waals surface area contributed by atoms with Gasteiger partial charge in [-0.2, -0.15) is 0 Å². The first-order valence-corrected chi connectivity index (χ1v) is 7.26. The lowest BCUT2D eigenvalue weighted by atomic mass is 10.2. The summed E-state index contributed by atoms with van der Waals surface area (Å²) in [5.41, 5.74) is 1.14. The molecule has 5 heteroatoms. The number of rotatable bonds is 5. The van der Waals surface area contributed by atoms with Crippen LogP contribution >= 0.6 is 11.6 Å². The van der Waals surface area contributed by atoms with Crippen molar-refractivity contribution in [2.75, 3.05) is 0 Å². The van der Waals surface area contributed by atoms with Gasteiger partial charge in [0.25, 0.3) is 0 Å². The van der Waals surface area contributed by atoms with Crippen LogP contribution in [0.25, 0.3) is 0 Å². The SMILES string of the molecule is CCC(=O)Oc1ccccc1COc1cc(F)c(C)cc1Cl. The van der Waals surface area contributed by atoms with Crippen molar-refractivity contribution in [3.8, 4) is 11.5 Å². The molecule has 0 N–H and O–H groups in total. The van der Waals surface area contributed by atoms with Crippen molar-refractivity contribution in [2.45, 2.75) is 26.9 Å². The second-order valence-electron chi connectivity index (χ2n) is 4.76. The Labute approximate surface area is 133 Å². The third kappa shape index (κ3) is 3.98. The van der Waals surface area contributed by atoms with E-state index in [4.69, 9.17) is 21.1 Å². The Morgan fingerprint density at radius 3 is 2.68 bits per heavy atom. The molecule has 0 saturated carbocycles. The fraction of sp³-hybridized carbons (Fsp3) is 0.235. The van der Waals surface area contributed by atoms with Gasteiger partial charge >= 0.3 is 5.97 Å². The first-order chi connectivity index (χ1) is 10.5. The van der Waals surface area contributed by atoms with Gasteiger partial charge in [-0.1, -0.05) is 36.7 Å². The van der Waals surface area contributed by atoms with E-state index >= 15 is 0 Å². The number of para-hydroxylation sites is 1. The summed E-state index contributed by atoms with van der Waals surface area (Å²) >= 11 is 6.04. The van der Waals surface area contributed by atoms with Crippen LogP contribution in [0.15, 0.2) is 36.4 Å². The molecule has 0 amide bonds. The molecular weight excluding hydrogens is 307 g/mol. The van der Waals surface area contributed by atoms with E-state index in [0.717, 1.165) is 0 Å². The molecule has 0 aliphatic heterocycles. The van der Waals surface area contributed by atoms with E-state index in [-0.39, 0.29) is 30.6 Å². The number of hydrogen-bond acceptors (Lipinski definition) is 3. The predicted molar refractivity (Wildman–Crippen MR) is 82.8 cm³/mol. The van der Waals surface area contributed by atoms with Gasteiger partial charge in [-0.15, -0.1) is 0 Å². The van der Waals surface area contributed by atoms with Crippen molar-refractivity contribution >= 4 is 17.6 Å². The third-order valence-electron chi connectivity index (χ3n) is 3.08. The summed E-state index contributed by atoms with van der Waals surface area (Å²) in [6.07, 6.45) is 0.282. The summed E-state index contributed by atoms with van der Waals surface area (Å²) in [4.78, 5) is 11.4. The number of carbonyl (C=O) groups is 1. The number of hydrogen-bond donors (Lipinski definition) is 0. The molecule has 2 aromatic rings. The topological polar surface area (TPSA) is 35.5 Å². The number of carbonyl (C=O) groups excluding carboxylic acids is 1. The van der Waals surface area contributed by atoms with Crippen LogP contribution in [0.1, 0.15) is 24.5 Å². The molecule has 0 aliphatic carbocycles. The minimum Gasteiger partial charge on any atom is -0.487 e. The second-order valence-corrected chi connectivity index (χ2v) is 5.16. The lowest BCUT2D eigenvalue weighted by molar-refractivity contribution is -0.134. The molecule has 22 heavy (non-hydrogen) atoms. The monoisotopic (exact) mass is 322 g/mol. The first-order valence-electron chi connectivity index (χ1n) is 6.88. The molecule has 0 fully saturated rings. The molecule has 0 unspecified atom stereocenters. The normalized spacial score (nSPS) is 10.4. The zero-order chi connectivity index (χ0) is 16.1. The fourth-order valence-corrected chi connectivity index (χ4v) is 2.08. The Morgan fingerprint density at radius 2 is 1.95 bits per heavy atom. The van der Waals surface area contributed by atoms with Crippen LogP contribution in [-0.4, -0.2) is 5.97 Å². The Morgan fingerprint density at radius 1 is 1.23 bits per heavy atom. The molecule has 0 spiro atoms. The van der Waals surface area contributed by atoms with Crippen LogP contribution < -0.4 is 9.47 Å². The molecule has 0 aliphatic rings. The van der Waals surface area contributed by atoms with Crippen molar-refractivity contribution in [1.29, 1.82) is 0 Å². The molecule has 0 aromatic heterocycles. The van der Waals surface area contributed by atoms with Gasteiger partial charge in [0.05, 0.1) is 5.02 Å². The van der Waals surface area contributed by atoms with Crippen molar-refractivity contribution in [3.05, 3.63) is 58.4 Å². The molecule has 0 radical (unpaired) electrons. The van der Waals surface area contributed by atoms with Gasteiger partial charge in [0.2, 0.25) is 0 Å². The standard InChI is InChI=1S/C17H16ClFO3/c1-3-17(20)22-15-7-5-4-6-12(15)10-21-16-9-14(19)11(2)8-13(16)18/h4-9H,3,10H2,1-2H3. The fourth-order valence-electron chi connectivity index (χ4n) is 1.81. The van der Waals surface area contributed by atoms with E-state index in [2.05, 4.69) is 0 Å². The zero-order valence-electron chi connectivity index (χ0n) is 12.4. The predicted octanol–water partition coefficient (Wildman–Crippen LogP) is 4.68. The highest BCUT2D eigenvalue weighted by Gasteiger charge is 2.11. The second kappa shape index (κ2) is 7.27. The molecule has 2 aromatic carbocycles. The molecular formula is C17H16ClFO3. The molecule has 116 valence electrons. The molecule has 0 heterocycles. The molecule has 3 nitrogen and oxygen atoms in total. The van der Waals surface area contributed by atoms with E-state index in [1.54, 1.807) is 38.1 Å². The Kier molecular flexibility index (Phi) is 5.39. The van der Waals surface area contributed by atoms with Crippen LogP contribution in [0, 0.1) is 12.7 Å². The van der Waals surface area contributed by atoms with E-state index in [1.807, 2.05) is 0 Å². The maximum absolute atomic E-state index is 13.6. The first kappa shape index (κ1) is 16.3. The summed E-state index contributed by atoms with van der Waals surface area (Å²) in [6.45, 7) is 3.47. The Hall–Kier alpha value is -2.07. The average Bonchev–Trinajstić information content (AvgIpc) is 2.50. The smallest absolute Gasteiger partial charge is 0.310 e. The van der Waals surface area contributed by atoms with Gasteiger partial charge in [-0.25, -0.2) is 4.39 Å². The maximum Gasteiger partial charge on any atom is 0.310 e. The van der Waals surface area contributed by atoms with Crippen LogP contribution in [-0.2, 0) is 11.4 Å². The number of ether oxygens (including phenoxy) is 2. The molecule has 0 bridgehead atoms. The van der Waals surface area contributed by atoms with Crippen LogP contribution in [0.4, 0.5) is 4.39 Å². The van der Waals surface area contributed by atoms with Gasteiger partial charge < -0.3 is 9.47 Å². The van der Waals surface area contributed by atoms with Crippen LogP contribution in [0.2, 0.25) is 5.02 Å². The molecule has 2 rings (SSSR count). The largest absolute Gasteiger partial charge is 0.487 e. The Balaban J connectivity index is 2.15. The van der Waals surface area contributed by atoms with Crippen molar-refractivity contribution in [1.82, 2.24) is 0 Å². The van der Waals surface area contributed by atoms with E-state index in [1.165, 1.54) is 12.1 Å². The van der Waals surface area contributed by atoms with Gasteiger partial charge in [-0.3, -0.25) is 4.79 Å². The zero-order valence-corrected chi connectivity index (χ0v) is 13.1. The van der Waals surface area contributed by atoms with Gasteiger partial charge in [-0.05, 0) is 24.6 Å². The highest BCUT2D eigenvalue weighted by Crippen LogP contribution is 2.29. The summed E-state index contributed by atoms with van der Waals surface area (Å²) in [5.74, 6) is -0.0311. The van der Waals surface area contributed by atoms with E-state index in [0.29, 0.717) is 21.9 Å². The number of benzene rings is 2. The van der Waals surface area contributed by atoms with Crippen molar-refractivity contribution < 1.29 is 18.7 Å². The average molecular weight is 323 g/mol. The lowest BCUT2D eigenvalue weighted by Gasteiger charge is -2.12. The van der Waals surface area contributed by atoms with Crippen molar-refractivity contribution in [2.24, 2.45) is 0 Å². The maximum atomic E-state index is 13.6. The highest BCUT2D eigenvalue weighted by atomic mass is 35.5. The summed E-state index contributed by atoms with van der Waals surface area (Å²) in [5, 5.41) is 0.335. The van der Waals surface area contributed by atoms with Gasteiger partial charge in [0, 0.05) is 18.1 Å². The lowest BCUT2D eigenvalue weighted by Crippen LogP contribution is -2.08. The number of aryl methyl sites for hydroxylation is 1. The Bertz CT molecular complexity index is 686. The molecule has 0 atom stereocenters. The minimum atomic E-state index is -0.384. The third-order valence-corrected chi connectivity index (χ3v) is 3.38. The summed E-state index contributed by atoms with van der Waals surface area (Å²) in [6, 6.07) is 9.79. The van der Waals surface area contributed by atoms with Gasteiger partial charge in [0.15, 0.2) is 0 Å². The highest BCUT2D eigenvalue weighted by molar-refractivity contribution is 6.32. The molecule has 0 saturated heterocycles. The number of halogens is 2. The van der Waals surface area contributed by atoms with E-state index < -0.39 is 0 Å². The van der Waals surface area contributed by atoms with Crippen LogP contribution in [0.5, 0.6) is 11.5 Å².